The van der Waals surface area contributed by atoms with Gasteiger partial charge in [0.25, 0.3) is 13.4 Å². The van der Waals surface area contributed by atoms with Crippen LogP contribution in [0.1, 0.15) is 105 Å². The molecular formula is C70H60B2N4. The van der Waals surface area contributed by atoms with E-state index in [1.165, 1.54) is 165 Å². The lowest BCUT2D eigenvalue weighted by atomic mass is 9.30. The molecule has 6 heteroatoms. The van der Waals surface area contributed by atoms with Crippen LogP contribution in [-0.4, -0.2) is 31.7 Å². The normalized spacial score (nSPS) is 14.5. The summed E-state index contributed by atoms with van der Waals surface area (Å²) in [5.74, 6) is 0. The Bertz CT molecular complexity index is 4910. The number of hydrogen-bond donors (Lipinski definition) is 0. The number of nitrogens with zero attached hydrogens (tertiary/aromatic N) is 4. The highest BCUT2D eigenvalue weighted by Crippen LogP contribution is 2.48. The minimum Gasteiger partial charge on any atom is -0.311 e. The Labute approximate surface area is 444 Å². The topological polar surface area (TPSA) is 19.7 Å². The molecule has 76 heavy (non-hydrogen) atoms. The molecule has 0 spiro atoms. The van der Waals surface area contributed by atoms with Crippen LogP contribution in [0, 0.1) is 0 Å². The molecule has 4 nitrogen and oxygen atoms in total. The second-order valence-electron chi connectivity index (χ2n) is 27.4. The lowest BCUT2D eigenvalue weighted by Crippen LogP contribution is -2.66. The third-order valence-corrected chi connectivity index (χ3v) is 18.9. The average Bonchev–Trinajstić information content (AvgIpc) is 4.15. The van der Waals surface area contributed by atoms with Gasteiger partial charge in [-0.1, -0.05) is 168 Å². The van der Waals surface area contributed by atoms with Crippen LogP contribution < -0.4 is 32.8 Å². The minimum atomic E-state index is -0.0841. The predicted molar refractivity (Wildman–Crippen MR) is 328 cm³/mol. The van der Waals surface area contributed by atoms with Crippen molar-refractivity contribution in [3.63, 3.8) is 0 Å². The van der Waals surface area contributed by atoms with Crippen LogP contribution in [0.5, 0.6) is 0 Å². The van der Waals surface area contributed by atoms with Crippen LogP contribution in [0.2, 0.25) is 0 Å². The molecule has 9 aromatic carbocycles. The highest BCUT2D eigenvalue weighted by atomic mass is 15.1. The number of fused-ring (bicyclic) bond motifs is 17. The molecule has 13 aromatic rings. The molecule has 366 valence electrons. The Morgan fingerprint density at radius 3 is 1.33 bits per heavy atom. The largest absolute Gasteiger partial charge is 0.311 e. The van der Waals surface area contributed by atoms with Gasteiger partial charge < -0.3 is 18.3 Å². The van der Waals surface area contributed by atoms with Gasteiger partial charge in [-0.2, -0.15) is 0 Å². The zero-order valence-corrected chi connectivity index (χ0v) is 45.8. The Morgan fingerprint density at radius 1 is 0.303 bits per heavy atom. The van der Waals surface area contributed by atoms with Gasteiger partial charge in [-0.05, 0) is 137 Å². The quantitative estimate of drug-likeness (QED) is 0.146. The third kappa shape index (κ3) is 5.11. The van der Waals surface area contributed by atoms with Crippen molar-refractivity contribution in [1.29, 1.82) is 0 Å². The fraction of sp³-hybridized carbons (Fsp3) is 0.229. The lowest BCUT2D eigenvalue weighted by molar-refractivity contribution is 0.590. The van der Waals surface area contributed by atoms with Crippen molar-refractivity contribution < 1.29 is 0 Å². The summed E-state index contributed by atoms with van der Waals surface area (Å²) >= 11 is 0. The van der Waals surface area contributed by atoms with Gasteiger partial charge in [0, 0.05) is 82.4 Å². The van der Waals surface area contributed by atoms with Crippen LogP contribution in [-0.2, 0) is 21.7 Å². The van der Waals surface area contributed by atoms with E-state index < -0.39 is 0 Å². The van der Waals surface area contributed by atoms with Gasteiger partial charge in [0.05, 0.1) is 27.6 Å². The number of para-hydroxylation sites is 3. The first-order valence-corrected chi connectivity index (χ1v) is 27.8. The van der Waals surface area contributed by atoms with Crippen molar-refractivity contribution in [2.75, 3.05) is 0 Å². The standard InChI is InChI=1S/C70H60B2N4/c1-67(2,3)37-25-27-54-44(29-37)46-31-39(69(7,8)9)33-50-62(46)74(54)56-36-57-60-66-59(56)71(50)49-23-18-22-43-58-64-48(42-21-16-17-24-53(42)73(64)41-19-14-13-15-20-41)35-52(65(58)76(66)61(43)49)72(60)51-34-40(70(10,11)12)32-47-45-30-38(68(4,5)6)26-28-55(45)75(57)63(47)51/h13-36H,1-12H3. The van der Waals surface area contributed by atoms with E-state index in [0.717, 1.165) is 0 Å². The number of aromatic nitrogens is 4. The monoisotopic (exact) mass is 979 g/mol. The zero-order chi connectivity index (χ0) is 51.8. The summed E-state index contributed by atoms with van der Waals surface area (Å²) in [4.78, 5) is 0. The second kappa shape index (κ2) is 13.5. The van der Waals surface area contributed by atoms with Crippen LogP contribution in [0.15, 0.2) is 146 Å². The van der Waals surface area contributed by atoms with Crippen LogP contribution in [0.25, 0.3) is 110 Å². The molecule has 8 heterocycles. The fourth-order valence-corrected chi connectivity index (χ4v) is 15.2. The maximum atomic E-state index is 2.81. The van der Waals surface area contributed by atoms with E-state index in [4.69, 9.17) is 0 Å². The number of benzene rings is 9. The van der Waals surface area contributed by atoms with Gasteiger partial charge in [0.15, 0.2) is 0 Å². The minimum absolute atomic E-state index is 0.00158. The lowest BCUT2D eigenvalue weighted by Gasteiger charge is -2.41. The maximum Gasteiger partial charge on any atom is 0.252 e. The average molecular weight is 979 g/mol. The SMILES string of the molecule is CC(C)(C)c1ccc2c(c1)c1cc(C(C)(C)C)cc3c1n2-c1cc2c4c5c1B3c1cccc3c6c(c(cc7c8ccccc8n(-c8ccccc8)c76)B4c4cc(C(C)(C)C)cc6c7cc(C(C)(C)C)ccc7n-2c46)n-5c13. The molecule has 0 bridgehead atoms. The first kappa shape index (κ1) is 43.5. The molecule has 0 unspecified atom stereocenters. The summed E-state index contributed by atoms with van der Waals surface area (Å²) in [7, 11) is 0. The highest BCUT2D eigenvalue weighted by Gasteiger charge is 2.50. The van der Waals surface area contributed by atoms with E-state index >= 15 is 0 Å². The molecule has 0 amide bonds. The molecule has 0 fully saturated rings. The van der Waals surface area contributed by atoms with Crippen molar-refractivity contribution in [3.05, 3.63) is 168 Å². The third-order valence-electron chi connectivity index (χ3n) is 18.9. The Morgan fingerprint density at radius 2 is 0.763 bits per heavy atom. The van der Waals surface area contributed by atoms with Gasteiger partial charge in [0.1, 0.15) is 0 Å². The smallest absolute Gasteiger partial charge is 0.252 e. The van der Waals surface area contributed by atoms with Crippen molar-refractivity contribution in [2.24, 2.45) is 0 Å². The highest BCUT2D eigenvalue weighted by molar-refractivity contribution is 7.04. The maximum absolute atomic E-state index is 2.81. The van der Waals surface area contributed by atoms with Crippen molar-refractivity contribution >= 4 is 133 Å². The molecule has 4 aromatic heterocycles. The zero-order valence-electron chi connectivity index (χ0n) is 45.8. The van der Waals surface area contributed by atoms with Crippen molar-refractivity contribution in [2.45, 2.75) is 105 Å². The Hall–Kier alpha value is -7.69. The van der Waals surface area contributed by atoms with Crippen LogP contribution >= 0.6 is 0 Å². The number of rotatable bonds is 1. The summed E-state index contributed by atoms with van der Waals surface area (Å²) in [6.07, 6.45) is 0. The summed E-state index contributed by atoms with van der Waals surface area (Å²) < 4.78 is 10.8. The molecule has 4 aliphatic rings. The van der Waals surface area contributed by atoms with E-state index in [2.05, 4.69) is 247 Å². The Kier molecular flexibility index (Phi) is 7.71. The van der Waals surface area contributed by atoms with Crippen molar-refractivity contribution in [1.82, 2.24) is 18.3 Å². The van der Waals surface area contributed by atoms with Crippen LogP contribution in [0.4, 0.5) is 0 Å². The van der Waals surface area contributed by atoms with Crippen LogP contribution in [0.3, 0.4) is 0 Å². The van der Waals surface area contributed by atoms with E-state index in [1.54, 1.807) is 0 Å². The molecule has 17 rings (SSSR count). The van der Waals surface area contributed by atoms with Crippen molar-refractivity contribution in [3.8, 4) is 22.7 Å². The molecule has 0 radical (unpaired) electrons. The van der Waals surface area contributed by atoms with E-state index in [9.17, 15) is 0 Å². The van der Waals surface area contributed by atoms with Gasteiger partial charge in [-0.25, -0.2) is 0 Å². The van der Waals surface area contributed by atoms with Gasteiger partial charge in [-0.15, -0.1) is 0 Å². The summed E-state index contributed by atoms with van der Waals surface area (Å²) in [6, 6.07) is 58.1. The van der Waals surface area contributed by atoms with Gasteiger partial charge in [-0.3, -0.25) is 0 Å². The molecular weight excluding hydrogens is 918 g/mol. The molecule has 0 saturated carbocycles. The number of hydrogen-bond acceptors (Lipinski definition) is 0. The van der Waals surface area contributed by atoms with E-state index in [-0.39, 0.29) is 35.1 Å². The summed E-state index contributed by atoms with van der Waals surface area (Å²) in [5.41, 5.74) is 29.5. The van der Waals surface area contributed by atoms with Gasteiger partial charge >= 0.3 is 0 Å². The summed E-state index contributed by atoms with van der Waals surface area (Å²) in [5, 5.41) is 10.7. The predicted octanol–water partition coefficient (Wildman–Crippen LogP) is 13.6. The van der Waals surface area contributed by atoms with E-state index in [1.807, 2.05) is 0 Å². The molecule has 0 N–H and O–H groups in total. The van der Waals surface area contributed by atoms with E-state index in [0.29, 0.717) is 0 Å². The first-order valence-electron chi connectivity index (χ1n) is 27.8. The molecule has 0 aliphatic carbocycles. The molecule has 0 atom stereocenters. The molecule has 4 aliphatic heterocycles. The molecule has 0 saturated heterocycles. The fourth-order valence-electron chi connectivity index (χ4n) is 15.2. The van der Waals surface area contributed by atoms with Gasteiger partial charge in [0.2, 0.25) is 0 Å². The first-order chi connectivity index (χ1) is 36.3. The summed E-state index contributed by atoms with van der Waals surface area (Å²) in [6.45, 7) is 28.5. The second-order valence-corrected chi connectivity index (χ2v) is 27.4. The Balaban J connectivity index is 1.15.